The van der Waals surface area contributed by atoms with Crippen LogP contribution in [0.4, 0.5) is 5.69 Å². The molecule has 2 saturated heterocycles. The van der Waals surface area contributed by atoms with Crippen LogP contribution in [-0.2, 0) is 4.79 Å². The summed E-state index contributed by atoms with van der Waals surface area (Å²) >= 11 is 3.76. The lowest BCUT2D eigenvalue weighted by molar-refractivity contribution is -0.116. The molecule has 2 heterocycles. The highest BCUT2D eigenvalue weighted by Gasteiger charge is 2.19. The second kappa shape index (κ2) is 10.3. The van der Waals surface area contributed by atoms with Gasteiger partial charge in [-0.05, 0) is 18.2 Å². The number of benzene rings is 1. The van der Waals surface area contributed by atoms with Gasteiger partial charge in [0.05, 0.1) is 0 Å². The number of nitrogens with one attached hydrogen (secondary N) is 2. The van der Waals surface area contributed by atoms with Crippen LogP contribution in [-0.4, -0.2) is 65.4 Å². The summed E-state index contributed by atoms with van der Waals surface area (Å²) in [4.78, 5) is 26.6. The predicted molar refractivity (Wildman–Crippen MR) is 109 cm³/mol. The largest absolute Gasteiger partial charge is 0.337 e. The zero-order chi connectivity index (χ0) is 16.8. The highest BCUT2D eigenvalue weighted by atomic mass is 35.5. The minimum Gasteiger partial charge on any atom is -0.337 e. The minimum absolute atomic E-state index is 0. The minimum atomic E-state index is -0.00558. The molecule has 2 amide bonds. The van der Waals surface area contributed by atoms with E-state index >= 15 is 0 Å². The Morgan fingerprint density at radius 2 is 2.00 bits per heavy atom. The summed E-state index contributed by atoms with van der Waals surface area (Å²) in [6, 6.07) is 7.50. The Bertz CT molecular complexity index is 591. The third-order valence-corrected chi connectivity index (χ3v) is 6.20. The van der Waals surface area contributed by atoms with Crippen molar-refractivity contribution in [1.82, 2.24) is 10.2 Å². The summed E-state index contributed by atoms with van der Waals surface area (Å²) in [6.07, 6.45) is 0.467. The molecule has 0 bridgehead atoms. The van der Waals surface area contributed by atoms with Crippen LogP contribution in [0, 0.1) is 0 Å². The molecule has 1 unspecified atom stereocenters. The van der Waals surface area contributed by atoms with E-state index in [9.17, 15) is 9.59 Å². The van der Waals surface area contributed by atoms with Crippen LogP contribution in [0.15, 0.2) is 24.3 Å². The summed E-state index contributed by atoms with van der Waals surface area (Å²) < 4.78 is 0. The molecule has 2 aliphatic rings. The number of amides is 2. The Kier molecular flexibility index (Phi) is 8.42. The number of hydrogen-bond donors (Lipinski definition) is 2. The van der Waals surface area contributed by atoms with Gasteiger partial charge in [-0.15, -0.1) is 12.4 Å². The fourth-order valence-corrected chi connectivity index (χ4v) is 4.72. The number of nitrogens with zero attached hydrogens (tertiary/aromatic N) is 1. The van der Waals surface area contributed by atoms with Gasteiger partial charge in [-0.2, -0.15) is 23.5 Å². The Balaban J connectivity index is 0.00000225. The fraction of sp³-hybridized carbons (Fsp3) is 0.529. The van der Waals surface area contributed by atoms with Gasteiger partial charge in [0.2, 0.25) is 5.91 Å². The van der Waals surface area contributed by atoms with E-state index in [1.165, 1.54) is 0 Å². The first-order chi connectivity index (χ1) is 11.7. The number of rotatable bonds is 4. The van der Waals surface area contributed by atoms with Crippen molar-refractivity contribution in [1.29, 1.82) is 0 Å². The van der Waals surface area contributed by atoms with E-state index in [-0.39, 0.29) is 30.3 Å². The van der Waals surface area contributed by atoms with Crippen molar-refractivity contribution in [3.05, 3.63) is 29.8 Å². The summed E-state index contributed by atoms with van der Waals surface area (Å²) in [7, 11) is 0. The predicted octanol–water partition coefficient (Wildman–Crippen LogP) is 2.33. The average Bonchev–Trinajstić information content (AvgIpc) is 2.63. The lowest BCUT2D eigenvalue weighted by Gasteiger charge is -2.26. The Morgan fingerprint density at radius 3 is 2.72 bits per heavy atom. The first kappa shape index (κ1) is 20.4. The molecule has 2 aliphatic heterocycles. The molecule has 0 aliphatic carbocycles. The number of anilines is 1. The first-order valence-electron chi connectivity index (χ1n) is 8.30. The van der Waals surface area contributed by atoms with Crippen LogP contribution >= 0.6 is 35.9 Å². The van der Waals surface area contributed by atoms with Crippen molar-refractivity contribution in [3.8, 4) is 0 Å². The SMILES string of the molecule is Cl.O=C(CC1CSCCN1)Nc1cccc(C(=O)N2CCSCC2)c1. The second-order valence-electron chi connectivity index (χ2n) is 5.96. The molecule has 2 fully saturated rings. The topological polar surface area (TPSA) is 61.4 Å². The standard InChI is InChI=1S/C17H23N3O2S2.ClH/c21-16(11-15-12-24-7-4-18-15)19-14-3-1-2-13(10-14)17(22)20-5-8-23-9-6-20;/h1-3,10,15,18H,4-9,11-12H2,(H,19,21);1H. The quantitative estimate of drug-likeness (QED) is 0.810. The van der Waals surface area contributed by atoms with Gasteiger partial charge in [0.15, 0.2) is 0 Å². The van der Waals surface area contributed by atoms with Crippen LogP contribution in [0.25, 0.3) is 0 Å². The van der Waals surface area contributed by atoms with Crippen molar-refractivity contribution in [3.63, 3.8) is 0 Å². The van der Waals surface area contributed by atoms with Crippen molar-refractivity contribution >= 4 is 53.4 Å². The van der Waals surface area contributed by atoms with Crippen LogP contribution in [0.3, 0.4) is 0 Å². The molecule has 1 aromatic rings. The molecule has 5 nitrogen and oxygen atoms in total. The molecular formula is C17H24ClN3O2S2. The molecule has 1 aromatic carbocycles. The van der Waals surface area contributed by atoms with Crippen LogP contribution in [0.5, 0.6) is 0 Å². The molecule has 2 N–H and O–H groups in total. The summed E-state index contributed by atoms with van der Waals surface area (Å²) in [5.74, 6) is 4.12. The molecule has 8 heteroatoms. The van der Waals surface area contributed by atoms with Gasteiger partial charge in [-0.3, -0.25) is 9.59 Å². The van der Waals surface area contributed by atoms with Gasteiger partial charge in [0, 0.05) is 66.4 Å². The van der Waals surface area contributed by atoms with Gasteiger partial charge in [0.1, 0.15) is 0 Å². The van der Waals surface area contributed by atoms with E-state index in [0.29, 0.717) is 17.7 Å². The summed E-state index contributed by atoms with van der Waals surface area (Å²) in [6.45, 7) is 2.55. The highest BCUT2D eigenvalue weighted by Crippen LogP contribution is 2.17. The van der Waals surface area contributed by atoms with Gasteiger partial charge >= 0.3 is 0 Å². The molecule has 25 heavy (non-hydrogen) atoms. The normalized spacial score (nSPS) is 20.5. The molecule has 3 rings (SSSR count). The van der Waals surface area contributed by atoms with Crippen LogP contribution in [0.2, 0.25) is 0 Å². The zero-order valence-electron chi connectivity index (χ0n) is 14.0. The van der Waals surface area contributed by atoms with Gasteiger partial charge in [-0.25, -0.2) is 0 Å². The maximum atomic E-state index is 12.5. The number of halogens is 1. The first-order valence-corrected chi connectivity index (χ1v) is 10.6. The maximum absolute atomic E-state index is 12.5. The number of carbonyl (C=O) groups excluding carboxylic acids is 2. The Labute approximate surface area is 163 Å². The molecule has 1 atom stereocenters. The van der Waals surface area contributed by atoms with E-state index in [4.69, 9.17) is 0 Å². The van der Waals surface area contributed by atoms with Gasteiger partial charge in [-0.1, -0.05) is 6.07 Å². The van der Waals surface area contributed by atoms with E-state index in [1.54, 1.807) is 6.07 Å². The van der Waals surface area contributed by atoms with Crippen molar-refractivity contribution < 1.29 is 9.59 Å². The van der Waals surface area contributed by atoms with E-state index < -0.39 is 0 Å². The van der Waals surface area contributed by atoms with Crippen LogP contribution in [0.1, 0.15) is 16.8 Å². The lowest BCUT2D eigenvalue weighted by atomic mass is 10.1. The average molecular weight is 402 g/mol. The molecule has 0 aromatic heterocycles. The van der Waals surface area contributed by atoms with Gasteiger partial charge in [0.25, 0.3) is 5.91 Å². The van der Waals surface area contributed by atoms with Crippen molar-refractivity contribution in [2.24, 2.45) is 0 Å². The smallest absolute Gasteiger partial charge is 0.253 e. The summed E-state index contributed by atoms with van der Waals surface area (Å²) in [5.41, 5.74) is 1.34. The molecule has 0 radical (unpaired) electrons. The second-order valence-corrected chi connectivity index (χ2v) is 8.34. The monoisotopic (exact) mass is 401 g/mol. The third-order valence-electron chi connectivity index (χ3n) is 4.12. The van der Waals surface area contributed by atoms with Crippen molar-refractivity contribution in [2.45, 2.75) is 12.5 Å². The lowest BCUT2D eigenvalue weighted by Crippen LogP contribution is -2.40. The molecule has 0 spiro atoms. The van der Waals surface area contributed by atoms with Crippen LogP contribution < -0.4 is 10.6 Å². The maximum Gasteiger partial charge on any atom is 0.253 e. The fourth-order valence-electron chi connectivity index (χ4n) is 2.87. The van der Waals surface area contributed by atoms with E-state index in [0.717, 1.165) is 42.6 Å². The van der Waals surface area contributed by atoms with Crippen molar-refractivity contribution in [2.75, 3.05) is 48.0 Å². The Morgan fingerprint density at radius 1 is 1.20 bits per heavy atom. The third kappa shape index (κ3) is 6.09. The number of thioether (sulfide) groups is 2. The Hall–Kier alpha value is -0.890. The zero-order valence-corrected chi connectivity index (χ0v) is 16.5. The molecule has 0 saturated carbocycles. The van der Waals surface area contributed by atoms with E-state index in [1.807, 2.05) is 46.6 Å². The molecule has 138 valence electrons. The molecular weight excluding hydrogens is 378 g/mol. The van der Waals surface area contributed by atoms with E-state index in [2.05, 4.69) is 10.6 Å². The summed E-state index contributed by atoms with van der Waals surface area (Å²) in [5, 5.41) is 6.29. The van der Waals surface area contributed by atoms with Gasteiger partial charge < -0.3 is 15.5 Å². The number of carbonyl (C=O) groups is 2. The highest BCUT2D eigenvalue weighted by molar-refractivity contribution is 7.99. The number of hydrogen-bond acceptors (Lipinski definition) is 5.